The predicted molar refractivity (Wildman–Crippen MR) is 70.8 cm³/mol. The van der Waals surface area contributed by atoms with E-state index in [-0.39, 0.29) is 0 Å². The number of nitrogens with one attached hydrogen (secondary N) is 1. The van der Waals surface area contributed by atoms with Crippen LogP contribution in [0.3, 0.4) is 0 Å². The van der Waals surface area contributed by atoms with E-state index in [0.717, 1.165) is 19.1 Å². The number of benzene rings is 1. The van der Waals surface area contributed by atoms with Crippen LogP contribution in [0.5, 0.6) is 0 Å². The third-order valence-corrected chi connectivity index (χ3v) is 3.00. The van der Waals surface area contributed by atoms with Crippen LogP contribution in [0.1, 0.15) is 26.3 Å². The van der Waals surface area contributed by atoms with Gasteiger partial charge in [0.15, 0.2) is 0 Å². The Kier molecular flexibility index (Phi) is 6.53. The minimum atomic E-state index is 0.528. The molecular formula is C13H21NOS. The second-order valence-electron chi connectivity index (χ2n) is 3.94. The zero-order valence-electron chi connectivity index (χ0n) is 10.3. The van der Waals surface area contributed by atoms with E-state index in [0.29, 0.717) is 6.04 Å². The number of hydrogen-bond acceptors (Lipinski definition) is 3. The number of thioether (sulfide) groups is 1. The molecule has 0 aliphatic rings. The van der Waals surface area contributed by atoms with Crippen LogP contribution in [0, 0.1) is 0 Å². The van der Waals surface area contributed by atoms with Gasteiger partial charge in [-0.2, -0.15) is 0 Å². The van der Waals surface area contributed by atoms with Crippen molar-refractivity contribution >= 4 is 11.8 Å². The summed E-state index contributed by atoms with van der Waals surface area (Å²) in [6, 6.07) is 9.13. The molecule has 0 aromatic heterocycles. The monoisotopic (exact) mass is 239 g/mol. The van der Waals surface area contributed by atoms with Gasteiger partial charge in [-0.1, -0.05) is 37.7 Å². The smallest absolute Gasteiger partial charge is 0.0966 e. The van der Waals surface area contributed by atoms with Crippen molar-refractivity contribution < 1.29 is 4.74 Å². The van der Waals surface area contributed by atoms with E-state index < -0.39 is 0 Å². The highest BCUT2D eigenvalue weighted by molar-refractivity contribution is 7.99. The summed E-state index contributed by atoms with van der Waals surface area (Å²) in [5.41, 5.74) is 1.33. The lowest BCUT2D eigenvalue weighted by Gasteiger charge is -2.09. The average Bonchev–Trinajstić information content (AvgIpc) is 2.27. The number of ether oxygens (including phenoxy) is 1. The lowest BCUT2D eigenvalue weighted by atomic mass is 10.2. The van der Waals surface area contributed by atoms with Gasteiger partial charge in [0.1, 0.15) is 0 Å². The van der Waals surface area contributed by atoms with Crippen molar-refractivity contribution in [2.24, 2.45) is 0 Å². The van der Waals surface area contributed by atoms with Gasteiger partial charge in [0.2, 0.25) is 0 Å². The van der Waals surface area contributed by atoms with Crippen LogP contribution >= 0.6 is 11.8 Å². The van der Waals surface area contributed by atoms with Gasteiger partial charge in [-0.05, 0) is 24.6 Å². The van der Waals surface area contributed by atoms with Crippen LogP contribution in [-0.2, 0) is 11.3 Å². The minimum Gasteiger partial charge on any atom is -0.371 e. The van der Waals surface area contributed by atoms with Gasteiger partial charge < -0.3 is 10.1 Å². The first-order valence-corrected chi connectivity index (χ1v) is 6.73. The van der Waals surface area contributed by atoms with Gasteiger partial charge in [-0.15, -0.1) is 0 Å². The number of rotatable bonds is 7. The highest BCUT2D eigenvalue weighted by atomic mass is 32.2. The van der Waals surface area contributed by atoms with Crippen LogP contribution in [0.25, 0.3) is 0 Å². The molecular weight excluding hydrogens is 218 g/mol. The Labute approximate surface area is 103 Å². The Bertz CT molecular complexity index is 302. The first-order valence-electron chi connectivity index (χ1n) is 5.75. The Morgan fingerprint density at radius 2 is 2.19 bits per heavy atom. The van der Waals surface area contributed by atoms with Crippen molar-refractivity contribution in [3.63, 3.8) is 0 Å². The maximum absolute atomic E-state index is 5.32. The largest absolute Gasteiger partial charge is 0.371 e. The van der Waals surface area contributed by atoms with E-state index in [1.54, 1.807) is 11.8 Å². The standard InChI is InChI=1S/C13H21NOS/c1-4-15-10-16-13-7-5-6-12(8-13)9-14-11(2)3/h5-8,11,14H,4,9-10H2,1-3H3. The summed E-state index contributed by atoms with van der Waals surface area (Å²) in [7, 11) is 0. The first kappa shape index (κ1) is 13.6. The Balaban J connectivity index is 2.43. The maximum Gasteiger partial charge on any atom is 0.0966 e. The molecule has 2 nitrogen and oxygen atoms in total. The molecule has 0 amide bonds. The molecule has 3 heteroatoms. The minimum absolute atomic E-state index is 0.528. The molecule has 0 saturated heterocycles. The van der Waals surface area contributed by atoms with Gasteiger partial charge in [0.05, 0.1) is 5.94 Å². The molecule has 0 heterocycles. The van der Waals surface area contributed by atoms with Crippen molar-refractivity contribution in [2.45, 2.75) is 38.3 Å². The Morgan fingerprint density at radius 3 is 2.88 bits per heavy atom. The van der Waals surface area contributed by atoms with E-state index in [4.69, 9.17) is 4.74 Å². The van der Waals surface area contributed by atoms with E-state index in [9.17, 15) is 0 Å². The van der Waals surface area contributed by atoms with Crippen LogP contribution < -0.4 is 5.32 Å². The number of hydrogen-bond donors (Lipinski definition) is 1. The van der Waals surface area contributed by atoms with Crippen molar-refractivity contribution in [2.75, 3.05) is 12.5 Å². The van der Waals surface area contributed by atoms with E-state index in [1.807, 2.05) is 6.92 Å². The quantitative estimate of drug-likeness (QED) is 0.448. The lowest BCUT2D eigenvalue weighted by molar-refractivity contribution is 0.199. The predicted octanol–water partition coefficient (Wildman–Crippen LogP) is 3.27. The molecule has 0 bridgehead atoms. The van der Waals surface area contributed by atoms with Crippen molar-refractivity contribution in [3.8, 4) is 0 Å². The SMILES string of the molecule is CCOCSc1cccc(CNC(C)C)c1. The molecule has 90 valence electrons. The molecule has 1 N–H and O–H groups in total. The van der Waals surface area contributed by atoms with Crippen molar-refractivity contribution in [1.82, 2.24) is 5.32 Å². The lowest BCUT2D eigenvalue weighted by Crippen LogP contribution is -2.21. The molecule has 0 aliphatic heterocycles. The molecule has 1 aromatic rings. The molecule has 16 heavy (non-hydrogen) atoms. The van der Waals surface area contributed by atoms with Crippen LogP contribution in [0.2, 0.25) is 0 Å². The molecule has 0 aliphatic carbocycles. The van der Waals surface area contributed by atoms with E-state index in [1.165, 1.54) is 10.5 Å². The summed E-state index contributed by atoms with van der Waals surface area (Å²) in [5.74, 6) is 0.734. The molecule has 0 atom stereocenters. The van der Waals surface area contributed by atoms with Crippen LogP contribution in [0.15, 0.2) is 29.2 Å². The average molecular weight is 239 g/mol. The van der Waals surface area contributed by atoms with Crippen LogP contribution in [-0.4, -0.2) is 18.6 Å². The molecule has 1 aromatic carbocycles. The summed E-state index contributed by atoms with van der Waals surface area (Å²) in [6.45, 7) is 8.05. The Hall–Kier alpha value is -0.510. The second kappa shape index (κ2) is 7.71. The fourth-order valence-corrected chi connectivity index (χ4v) is 2.06. The normalized spacial score (nSPS) is 11.0. The molecule has 0 fully saturated rings. The summed E-state index contributed by atoms with van der Waals surface area (Å²) in [6.07, 6.45) is 0. The molecule has 0 radical (unpaired) electrons. The zero-order chi connectivity index (χ0) is 11.8. The molecule has 0 saturated carbocycles. The van der Waals surface area contributed by atoms with Gasteiger partial charge in [-0.25, -0.2) is 0 Å². The summed E-state index contributed by atoms with van der Waals surface area (Å²) >= 11 is 1.74. The molecule has 0 unspecified atom stereocenters. The third kappa shape index (κ3) is 5.54. The second-order valence-corrected chi connectivity index (χ2v) is 4.93. The van der Waals surface area contributed by atoms with Gasteiger partial charge in [0, 0.05) is 24.1 Å². The van der Waals surface area contributed by atoms with Gasteiger partial charge in [-0.3, -0.25) is 0 Å². The fourth-order valence-electron chi connectivity index (χ4n) is 1.26. The third-order valence-electron chi connectivity index (χ3n) is 2.13. The topological polar surface area (TPSA) is 21.3 Å². The first-order chi connectivity index (χ1) is 7.72. The molecule has 1 rings (SSSR count). The highest BCUT2D eigenvalue weighted by Gasteiger charge is 1.98. The molecule has 0 spiro atoms. The van der Waals surface area contributed by atoms with Crippen molar-refractivity contribution in [1.29, 1.82) is 0 Å². The fraction of sp³-hybridized carbons (Fsp3) is 0.538. The van der Waals surface area contributed by atoms with E-state index >= 15 is 0 Å². The Morgan fingerprint density at radius 1 is 1.38 bits per heavy atom. The maximum atomic E-state index is 5.32. The summed E-state index contributed by atoms with van der Waals surface area (Å²) in [5, 5.41) is 3.42. The van der Waals surface area contributed by atoms with Crippen molar-refractivity contribution in [3.05, 3.63) is 29.8 Å². The van der Waals surface area contributed by atoms with E-state index in [2.05, 4.69) is 43.4 Å². The summed E-state index contributed by atoms with van der Waals surface area (Å²) < 4.78 is 5.32. The van der Waals surface area contributed by atoms with Crippen LogP contribution in [0.4, 0.5) is 0 Å². The zero-order valence-corrected chi connectivity index (χ0v) is 11.1. The highest BCUT2D eigenvalue weighted by Crippen LogP contribution is 2.19. The van der Waals surface area contributed by atoms with Gasteiger partial charge in [0.25, 0.3) is 0 Å². The van der Waals surface area contributed by atoms with Gasteiger partial charge >= 0.3 is 0 Å². The summed E-state index contributed by atoms with van der Waals surface area (Å²) in [4.78, 5) is 1.27.